The van der Waals surface area contributed by atoms with Crippen molar-refractivity contribution < 1.29 is 55.9 Å². The van der Waals surface area contributed by atoms with Gasteiger partial charge in [-0.25, -0.2) is 18.5 Å². The van der Waals surface area contributed by atoms with Gasteiger partial charge in [-0.2, -0.15) is 13.6 Å². The molecule has 1 saturated heterocycles. The third-order valence-electron chi connectivity index (χ3n) is 6.20. The number of ether oxygens (including phenoxy) is 2. The fraction of sp³-hybridized carbons (Fsp3) is 0.478. The van der Waals surface area contributed by atoms with Crippen LogP contribution in [-0.2, 0) is 42.7 Å². The zero-order valence-electron chi connectivity index (χ0n) is 25.4. The van der Waals surface area contributed by atoms with Crippen molar-refractivity contribution in [2.45, 2.75) is 56.8 Å². The summed E-state index contributed by atoms with van der Waals surface area (Å²) in [5.74, 6) is 0.987. The minimum atomic E-state index is -5.72. The molecule has 1 aromatic carbocycles. The van der Waals surface area contributed by atoms with E-state index in [9.17, 15) is 28.3 Å². The Hall–Kier alpha value is -2.13. The number of aromatic nitrogens is 6. The van der Waals surface area contributed by atoms with Crippen LogP contribution < -0.4 is 11.4 Å². The van der Waals surface area contributed by atoms with E-state index in [1.165, 1.54) is 23.1 Å². The van der Waals surface area contributed by atoms with Crippen LogP contribution in [0.1, 0.15) is 37.9 Å². The molecule has 1 fully saturated rings. The standard InChI is InChI=1S/C23H32N7O13P3S2/c1-14-26-28-21(29-27-14)16-6-4-15(5-7-16)11-23(2,3)48-47-13-39-17-10-20(30-9-8-19(24)25-22(30)31)41-18(17)12-40-45(35,36)43-46(37,38)42-44(32,33)34/h4-9,17-18,20H,10-13H2,1-3H3,(H,35,36)(H,37,38)(H2,24,25,31)(H2,32,33,34)/t17-,18-,20-/m1/s1. The predicted octanol–water partition coefficient (Wildman–Crippen LogP) is 2.76. The molecule has 3 aromatic rings. The van der Waals surface area contributed by atoms with Gasteiger partial charge in [0.15, 0.2) is 5.82 Å². The predicted molar refractivity (Wildman–Crippen MR) is 172 cm³/mol. The van der Waals surface area contributed by atoms with Crippen molar-refractivity contribution in [3.05, 3.63) is 58.4 Å². The normalized spacial score (nSPS) is 21.1. The van der Waals surface area contributed by atoms with Crippen molar-refractivity contribution in [1.82, 2.24) is 29.9 Å². The van der Waals surface area contributed by atoms with E-state index >= 15 is 0 Å². The second-order valence-corrected chi connectivity index (χ2v) is 18.1. The summed E-state index contributed by atoms with van der Waals surface area (Å²) in [4.78, 5) is 52.8. The van der Waals surface area contributed by atoms with E-state index in [2.05, 4.69) is 47.8 Å². The number of rotatable bonds is 16. The summed E-state index contributed by atoms with van der Waals surface area (Å²) >= 11 is 0. The van der Waals surface area contributed by atoms with Gasteiger partial charge in [0.1, 0.15) is 24.1 Å². The van der Waals surface area contributed by atoms with Crippen molar-refractivity contribution >= 4 is 50.9 Å². The first kappa shape index (κ1) is 38.7. The number of nitrogens with two attached hydrogens (primary N) is 1. The van der Waals surface area contributed by atoms with Gasteiger partial charge in [0.2, 0.25) is 5.82 Å². The fourth-order valence-corrected chi connectivity index (χ4v) is 9.60. The molecule has 2 aromatic heterocycles. The molecule has 0 saturated carbocycles. The summed E-state index contributed by atoms with van der Waals surface area (Å²) in [6.45, 7) is 5.04. The number of aryl methyl sites for hydroxylation is 1. The lowest BCUT2D eigenvalue weighted by Gasteiger charge is -2.24. The Morgan fingerprint density at radius 2 is 1.69 bits per heavy atom. The van der Waals surface area contributed by atoms with Gasteiger partial charge in [-0.3, -0.25) is 9.09 Å². The highest BCUT2D eigenvalue weighted by atomic mass is 33.1. The van der Waals surface area contributed by atoms with Crippen LogP contribution in [0.4, 0.5) is 5.82 Å². The van der Waals surface area contributed by atoms with E-state index in [4.69, 9.17) is 29.5 Å². The molecule has 0 aliphatic carbocycles. The van der Waals surface area contributed by atoms with Crippen LogP contribution in [0.3, 0.4) is 0 Å². The van der Waals surface area contributed by atoms with Crippen molar-refractivity contribution in [1.29, 1.82) is 0 Å². The van der Waals surface area contributed by atoms with E-state index in [0.29, 0.717) is 18.1 Å². The molecule has 25 heteroatoms. The minimum Gasteiger partial charge on any atom is -0.383 e. The second-order valence-electron chi connectivity index (χ2n) is 10.7. The average Bonchev–Trinajstić information content (AvgIpc) is 3.35. The van der Waals surface area contributed by atoms with Crippen molar-refractivity contribution in [3.8, 4) is 11.4 Å². The first-order valence-electron chi connectivity index (χ1n) is 13.6. The maximum Gasteiger partial charge on any atom is 0.490 e. The monoisotopic (exact) mass is 771 g/mol. The van der Waals surface area contributed by atoms with Crippen LogP contribution in [0.5, 0.6) is 0 Å². The van der Waals surface area contributed by atoms with Crippen molar-refractivity contribution in [3.63, 3.8) is 0 Å². The Morgan fingerprint density at radius 3 is 2.31 bits per heavy atom. The van der Waals surface area contributed by atoms with Gasteiger partial charge in [-0.1, -0.05) is 45.9 Å². The molecule has 0 bridgehead atoms. The number of anilines is 1. The van der Waals surface area contributed by atoms with Crippen LogP contribution in [0.25, 0.3) is 11.4 Å². The summed E-state index contributed by atoms with van der Waals surface area (Å²) in [7, 11) is -13.8. The van der Waals surface area contributed by atoms with Crippen LogP contribution in [0, 0.1) is 6.92 Å². The number of phosphoric acid groups is 3. The highest BCUT2D eigenvalue weighted by Gasteiger charge is 2.43. The Kier molecular flexibility index (Phi) is 12.7. The van der Waals surface area contributed by atoms with E-state index < -0.39 is 54.2 Å². The quantitative estimate of drug-likeness (QED) is 0.0605. The van der Waals surface area contributed by atoms with Gasteiger partial charge in [0.05, 0.1) is 12.7 Å². The molecular weight excluding hydrogens is 739 g/mol. The maximum absolute atomic E-state index is 12.4. The molecule has 3 heterocycles. The number of nitrogen functional groups attached to an aromatic ring is 1. The first-order valence-corrected chi connectivity index (χ1v) is 20.5. The molecule has 264 valence electrons. The van der Waals surface area contributed by atoms with Crippen LogP contribution in [-0.4, -0.2) is 79.0 Å². The SMILES string of the molecule is Cc1nnc(-c2ccc(CC(C)(C)SSCO[C@@H]3C[C@H](n4ccc(N)nc4=O)O[C@@H]3COP(=O)(O)OP(=O)(O)OP(=O)(O)O)cc2)nn1. The molecule has 48 heavy (non-hydrogen) atoms. The first-order chi connectivity index (χ1) is 22.3. The van der Waals surface area contributed by atoms with E-state index in [0.717, 1.165) is 15.7 Å². The fourth-order valence-electron chi connectivity index (χ4n) is 4.30. The summed E-state index contributed by atoms with van der Waals surface area (Å²) in [6.07, 6.45) is -0.808. The minimum absolute atomic E-state index is 0.0203. The molecule has 1 aliphatic rings. The van der Waals surface area contributed by atoms with Gasteiger partial charge in [0, 0.05) is 22.9 Å². The van der Waals surface area contributed by atoms with Gasteiger partial charge in [-0.05, 0) is 38.8 Å². The van der Waals surface area contributed by atoms with E-state index in [-0.39, 0.29) is 22.9 Å². The number of hydrogen-bond acceptors (Lipinski definition) is 17. The molecule has 4 rings (SSSR count). The molecule has 1 aliphatic heterocycles. The largest absolute Gasteiger partial charge is 0.490 e. The molecule has 0 amide bonds. The van der Waals surface area contributed by atoms with Crippen molar-refractivity contribution in [2.75, 3.05) is 18.3 Å². The third-order valence-corrected chi connectivity index (χ3v) is 12.9. The lowest BCUT2D eigenvalue weighted by atomic mass is 10.0. The van der Waals surface area contributed by atoms with Crippen LogP contribution in [0.2, 0.25) is 0 Å². The molecule has 6 N–H and O–H groups in total. The average molecular weight is 772 g/mol. The number of hydrogen-bond donors (Lipinski definition) is 5. The zero-order chi connectivity index (χ0) is 35.3. The van der Waals surface area contributed by atoms with Crippen LogP contribution >= 0.6 is 45.1 Å². The number of benzene rings is 1. The lowest BCUT2D eigenvalue weighted by molar-refractivity contribution is -0.0543. The summed E-state index contributed by atoms with van der Waals surface area (Å²) in [5, 5.41) is 16.0. The van der Waals surface area contributed by atoms with Gasteiger partial charge >= 0.3 is 29.2 Å². The van der Waals surface area contributed by atoms with Crippen molar-refractivity contribution in [2.24, 2.45) is 0 Å². The second kappa shape index (κ2) is 15.8. The topological polar surface area (TPSA) is 291 Å². The van der Waals surface area contributed by atoms with Crippen LogP contribution in [0.15, 0.2) is 41.3 Å². The Labute approximate surface area is 281 Å². The Balaban J connectivity index is 1.35. The highest BCUT2D eigenvalue weighted by Crippen LogP contribution is 2.66. The molecule has 0 spiro atoms. The number of nitrogens with zero attached hydrogens (tertiary/aromatic N) is 6. The van der Waals surface area contributed by atoms with Gasteiger partial charge in [0.25, 0.3) is 0 Å². The Morgan fingerprint density at radius 1 is 1.02 bits per heavy atom. The molecule has 20 nitrogen and oxygen atoms in total. The third kappa shape index (κ3) is 12.0. The summed E-state index contributed by atoms with van der Waals surface area (Å²) in [5.41, 5.74) is 6.68. The van der Waals surface area contributed by atoms with E-state index in [1.54, 1.807) is 17.7 Å². The Bertz CT molecular complexity index is 1770. The molecule has 5 atom stereocenters. The molecule has 2 unspecified atom stereocenters. The maximum atomic E-state index is 12.4. The smallest absolute Gasteiger partial charge is 0.383 e. The zero-order valence-corrected chi connectivity index (χ0v) is 29.7. The lowest BCUT2D eigenvalue weighted by Crippen LogP contribution is -2.29. The molecular formula is C23H32N7O13P3S2. The van der Waals surface area contributed by atoms with Gasteiger partial charge < -0.3 is 34.8 Å². The van der Waals surface area contributed by atoms with Gasteiger partial charge in [-0.15, -0.1) is 20.4 Å². The summed E-state index contributed by atoms with van der Waals surface area (Å²) < 4.78 is 59.8. The summed E-state index contributed by atoms with van der Waals surface area (Å²) in [6, 6.07) is 9.08. The van der Waals surface area contributed by atoms with E-state index in [1.807, 2.05) is 24.3 Å². The molecule has 0 radical (unpaired) electrons. The highest BCUT2D eigenvalue weighted by molar-refractivity contribution is 8.77. The number of phosphoric ester groups is 1.